The molecule has 140 valence electrons. The molecule has 1 aromatic heterocycles. The molecule has 3 heterocycles. The van der Waals surface area contributed by atoms with Gasteiger partial charge in [-0.3, -0.25) is 14.5 Å². The first-order valence-corrected chi connectivity index (χ1v) is 8.63. The Labute approximate surface area is 155 Å². The van der Waals surface area contributed by atoms with E-state index in [4.69, 9.17) is 4.74 Å². The second kappa shape index (κ2) is 6.75. The molecule has 0 aliphatic carbocycles. The summed E-state index contributed by atoms with van der Waals surface area (Å²) in [5.74, 6) is 0.825. The van der Waals surface area contributed by atoms with Gasteiger partial charge >= 0.3 is 6.03 Å². The van der Waals surface area contributed by atoms with E-state index < -0.39 is 6.03 Å². The van der Waals surface area contributed by atoms with Gasteiger partial charge in [0.25, 0.3) is 5.91 Å². The van der Waals surface area contributed by atoms with E-state index in [1.165, 1.54) is 0 Å². The van der Waals surface area contributed by atoms with E-state index in [9.17, 15) is 14.4 Å². The van der Waals surface area contributed by atoms with E-state index in [1.54, 1.807) is 12.0 Å². The van der Waals surface area contributed by atoms with Gasteiger partial charge in [-0.1, -0.05) is 12.1 Å². The highest BCUT2D eigenvalue weighted by Crippen LogP contribution is 2.25. The Hall–Kier alpha value is -3.36. The maximum absolute atomic E-state index is 12.5. The third-order valence-electron chi connectivity index (χ3n) is 4.76. The number of amides is 4. The quantitative estimate of drug-likeness (QED) is 0.764. The summed E-state index contributed by atoms with van der Waals surface area (Å²) < 4.78 is 5.25. The minimum atomic E-state index is -0.520. The molecule has 1 saturated heterocycles. The van der Waals surface area contributed by atoms with E-state index >= 15 is 0 Å². The Morgan fingerprint density at radius 2 is 2.19 bits per heavy atom. The smallest absolute Gasteiger partial charge is 0.325 e. The molecule has 0 bridgehead atoms. The number of imide groups is 1. The second-order valence-corrected chi connectivity index (χ2v) is 6.45. The lowest BCUT2D eigenvalue weighted by molar-refractivity contribution is -0.137. The van der Waals surface area contributed by atoms with Gasteiger partial charge in [0.1, 0.15) is 18.1 Å². The van der Waals surface area contributed by atoms with E-state index in [1.807, 2.05) is 24.3 Å². The van der Waals surface area contributed by atoms with Gasteiger partial charge in [-0.2, -0.15) is 0 Å². The summed E-state index contributed by atoms with van der Waals surface area (Å²) in [6.45, 7) is 0.574. The molecule has 1 aromatic carbocycles. The van der Waals surface area contributed by atoms with Crippen LogP contribution in [0.1, 0.15) is 11.4 Å². The maximum atomic E-state index is 12.5. The Bertz CT molecular complexity index is 906. The molecule has 0 unspecified atom stereocenters. The maximum Gasteiger partial charge on any atom is 0.325 e. The van der Waals surface area contributed by atoms with Gasteiger partial charge in [-0.15, -0.1) is 0 Å². The van der Waals surface area contributed by atoms with Crippen LogP contribution in [0, 0.1) is 0 Å². The molecule has 4 amide bonds. The number of hydrogen-bond acceptors (Lipinski definition) is 5. The third-order valence-corrected chi connectivity index (χ3v) is 4.76. The first kappa shape index (κ1) is 17.1. The summed E-state index contributed by atoms with van der Waals surface area (Å²) in [5, 5.41) is 2.41. The highest BCUT2D eigenvalue weighted by Gasteiger charge is 2.33. The SMILES string of the molecule is COc1cccc(-c2nc3c([nH]2)CN(C(=O)CN2C(=O)CNC2=O)CC3)c1. The number of carbonyl (C=O) groups excluding carboxylic acids is 3. The fourth-order valence-corrected chi connectivity index (χ4v) is 3.26. The van der Waals surface area contributed by atoms with Crippen molar-refractivity contribution in [1.82, 2.24) is 25.1 Å². The van der Waals surface area contributed by atoms with E-state index in [2.05, 4.69) is 15.3 Å². The van der Waals surface area contributed by atoms with Crippen molar-refractivity contribution in [2.24, 2.45) is 0 Å². The number of rotatable bonds is 4. The minimum Gasteiger partial charge on any atom is -0.497 e. The summed E-state index contributed by atoms with van der Waals surface area (Å²) in [6, 6.07) is 7.07. The highest BCUT2D eigenvalue weighted by atomic mass is 16.5. The van der Waals surface area contributed by atoms with Crippen molar-refractivity contribution < 1.29 is 19.1 Å². The fourth-order valence-electron chi connectivity index (χ4n) is 3.26. The van der Waals surface area contributed by atoms with Gasteiger partial charge in [-0.25, -0.2) is 9.78 Å². The van der Waals surface area contributed by atoms with Crippen LogP contribution >= 0.6 is 0 Å². The van der Waals surface area contributed by atoms with Crippen LogP contribution in [0.5, 0.6) is 5.75 Å². The molecule has 0 atom stereocenters. The number of aromatic nitrogens is 2. The molecule has 2 aliphatic rings. The zero-order chi connectivity index (χ0) is 19.0. The number of benzene rings is 1. The van der Waals surface area contributed by atoms with Gasteiger partial charge in [0.2, 0.25) is 5.91 Å². The van der Waals surface area contributed by atoms with Crippen LogP contribution < -0.4 is 10.1 Å². The first-order valence-electron chi connectivity index (χ1n) is 8.63. The summed E-state index contributed by atoms with van der Waals surface area (Å²) >= 11 is 0. The number of nitrogens with zero attached hydrogens (tertiary/aromatic N) is 3. The number of H-pyrrole nitrogens is 1. The average molecular weight is 369 g/mol. The summed E-state index contributed by atoms with van der Waals surface area (Å²) in [4.78, 5) is 46.3. The van der Waals surface area contributed by atoms with Crippen molar-refractivity contribution in [2.75, 3.05) is 26.7 Å². The first-order chi connectivity index (χ1) is 13.0. The molecule has 9 nitrogen and oxygen atoms in total. The number of methoxy groups -OCH3 is 1. The van der Waals surface area contributed by atoms with Crippen LogP contribution in [0.3, 0.4) is 0 Å². The molecule has 2 aromatic rings. The zero-order valence-electron chi connectivity index (χ0n) is 14.8. The second-order valence-electron chi connectivity index (χ2n) is 6.45. The summed E-state index contributed by atoms with van der Waals surface area (Å²) in [6.07, 6.45) is 0.613. The largest absolute Gasteiger partial charge is 0.497 e. The fraction of sp³-hybridized carbons (Fsp3) is 0.333. The molecule has 0 radical (unpaired) electrons. The average Bonchev–Trinajstić information content (AvgIpc) is 3.25. The molecule has 0 spiro atoms. The van der Waals surface area contributed by atoms with Crippen LogP contribution in [-0.2, 0) is 22.6 Å². The molecule has 9 heteroatoms. The number of nitrogens with one attached hydrogen (secondary N) is 2. The number of hydrogen-bond donors (Lipinski definition) is 2. The Morgan fingerprint density at radius 3 is 2.93 bits per heavy atom. The van der Waals surface area contributed by atoms with Crippen molar-refractivity contribution in [3.63, 3.8) is 0 Å². The summed E-state index contributed by atoms with van der Waals surface area (Å²) in [5.41, 5.74) is 2.69. The van der Waals surface area contributed by atoms with Gasteiger partial charge < -0.3 is 19.9 Å². The minimum absolute atomic E-state index is 0.0549. The predicted molar refractivity (Wildman–Crippen MR) is 94.8 cm³/mol. The number of carbonyl (C=O) groups is 3. The summed E-state index contributed by atoms with van der Waals surface area (Å²) in [7, 11) is 1.61. The number of aromatic amines is 1. The molecule has 1 fully saturated rings. The predicted octanol–water partition coefficient (Wildman–Crippen LogP) is 0.522. The zero-order valence-corrected chi connectivity index (χ0v) is 14.8. The van der Waals surface area contributed by atoms with Crippen LogP contribution in [0.15, 0.2) is 24.3 Å². The molecule has 4 rings (SSSR count). The third kappa shape index (κ3) is 3.23. The van der Waals surface area contributed by atoms with Crippen LogP contribution in [-0.4, -0.2) is 64.4 Å². The Balaban J connectivity index is 1.48. The van der Waals surface area contributed by atoms with Crippen LogP contribution in [0.4, 0.5) is 4.79 Å². The lowest BCUT2D eigenvalue weighted by Crippen LogP contribution is -2.44. The van der Waals surface area contributed by atoms with Crippen molar-refractivity contribution in [2.45, 2.75) is 13.0 Å². The lowest BCUT2D eigenvalue weighted by atomic mass is 10.1. The van der Waals surface area contributed by atoms with Crippen molar-refractivity contribution in [3.8, 4) is 17.1 Å². The van der Waals surface area contributed by atoms with Crippen LogP contribution in [0.25, 0.3) is 11.4 Å². The Morgan fingerprint density at radius 1 is 1.33 bits per heavy atom. The number of fused-ring (bicyclic) bond motifs is 1. The molecular formula is C18H19N5O4. The molecule has 27 heavy (non-hydrogen) atoms. The number of imidazole rings is 1. The monoisotopic (exact) mass is 369 g/mol. The lowest BCUT2D eigenvalue weighted by Gasteiger charge is -2.27. The number of urea groups is 1. The number of ether oxygens (including phenoxy) is 1. The van der Waals surface area contributed by atoms with E-state index in [0.717, 1.165) is 33.4 Å². The van der Waals surface area contributed by atoms with Crippen molar-refractivity contribution in [1.29, 1.82) is 0 Å². The highest BCUT2D eigenvalue weighted by molar-refractivity contribution is 6.04. The van der Waals surface area contributed by atoms with E-state index in [-0.39, 0.29) is 24.9 Å². The van der Waals surface area contributed by atoms with Gasteiger partial charge in [-0.05, 0) is 12.1 Å². The van der Waals surface area contributed by atoms with Gasteiger partial charge in [0.15, 0.2) is 0 Å². The molecule has 0 saturated carbocycles. The van der Waals surface area contributed by atoms with Gasteiger partial charge in [0.05, 0.1) is 31.6 Å². The van der Waals surface area contributed by atoms with Crippen molar-refractivity contribution >= 4 is 17.8 Å². The Kier molecular flexibility index (Phi) is 4.27. The molecular weight excluding hydrogens is 350 g/mol. The van der Waals surface area contributed by atoms with Crippen LogP contribution in [0.2, 0.25) is 0 Å². The van der Waals surface area contributed by atoms with Crippen molar-refractivity contribution in [3.05, 3.63) is 35.7 Å². The normalized spacial score (nSPS) is 16.3. The topological polar surface area (TPSA) is 108 Å². The van der Waals surface area contributed by atoms with Gasteiger partial charge in [0, 0.05) is 18.5 Å². The molecule has 2 N–H and O–H groups in total. The standard InChI is InChI=1S/C18H19N5O4/c1-27-12-4-2-3-11(7-12)17-20-13-5-6-22(9-14(13)21-17)16(25)10-23-15(24)8-19-18(23)26/h2-4,7H,5-6,8-10H2,1H3,(H,19,26)(H,20,21). The molecule has 2 aliphatic heterocycles. The van der Waals surface area contributed by atoms with E-state index in [0.29, 0.717) is 19.5 Å².